The monoisotopic (exact) mass is 188 g/mol. The van der Waals surface area contributed by atoms with E-state index in [0.717, 1.165) is 6.42 Å². The van der Waals surface area contributed by atoms with Crippen molar-refractivity contribution in [2.24, 2.45) is 5.73 Å². The Bertz CT molecular complexity index is 178. The van der Waals surface area contributed by atoms with Crippen LogP contribution in [0.25, 0.3) is 0 Å². The Morgan fingerprint density at radius 3 is 2.46 bits per heavy atom. The first-order chi connectivity index (χ1) is 6.10. The number of nitrogens with one attached hydrogen (secondary N) is 1. The highest BCUT2D eigenvalue weighted by Crippen LogP contribution is 1.92. The van der Waals surface area contributed by atoms with Crippen LogP contribution in [-0.4, -0.2) is 29.6 Å². The van der Waals surface area contributed by atoms with Crippen molar-refractivity contribution >= 4 is 11.9 Å². The van der Waals surface area contributed by atoms with Crippen LogP contribution in [0, 0.1) is 0 Å². The van der Waals surface area contributed by atoms with Gasteiger partial charge in [0.25, 0.3) is 0 Å². The zero-order valence-corrected chi connectivity index (χ0v) is 7.75. The fourth-order valence-electron chi connectivity index (χ4n) is 0.848. The molecule has 1 atom stereocenters. The largest absolute Gasteiger partial charge is 0.481 e. The highest BCUT2D eigenvalue weighted by molar-refractivity contribution is 5.80. The standard InChI is InChI=1S/C8H16N2O3/c1-2-6(5-9)10-7(11)3-4-8(12)13/h6H,2-5,9H2,1H3,(H,10,11)(H,12,13). The summed E-state index contributed by atoms with van der Waals surface area (Å²) in [7, 11) is 0. The Labute approximate surface area is 77.3 Å². The molecule has 1 unspecified atom stereocenters. The minimum absolute atomic E-state index is 0.0197. The van der Waals surface area contributed by atoms with Gasteiger partial charge in [0.15, 0.2) is 0 Å². The van der Waals surface area contributed by atoms with E-state index in [1.54, 1.807) is 0 Å². The molecule has 0 aliphatic carbocycles. The zero-order valence-electron chi connectivity index (χ0n) is 7.75. The number of carbonyl (C=O) groups excluding carboxylic acids is 1. The molecule has 0 aromatic heterocycles. The van der Waals surface area contributed by atoms with E-state index in [1.807, 2.05) is 6.92 Å². The van der Waals surface area contributed by atoms with E-state index in [1.165, 1.54) is 0 Å². The number of carboxylic acids is 1. The van der Waals surface area contributed by atoms with E-state index in [4.69, 9.17) is 10.8 Å². The van der Waals surface area contributed by atoms with Crippen molar-refractivity contribution < 1.29 is 14.7 Å². The second-order valence-electron chi connectivity index (χ2n) is 2.80. The molecular weight excluding hydrogens is 172 g/mol. The van der Waals surface area contributed by atoms with E-state index in [0.29, 0.717) is 6.54 Å². The smallest absolute Gasteiger partial charge is 0.303 e. The van der Waals surface area contributed by atoms with Crippen LogP contribution >= 0.6 is 0 Å². The molecule has 76 valence electrons. The molecule has 0 fully saturated rings. The number of carboxylic acid groups (broad SMARTS) is 1. The number of hydrogen-bond acceptors (Lipinski definition) is 3. The molecule has 1 amide bonds. The number of rotatable bonds is 6. The number of carbonyl (C=O) groups is 2. The van der Waals surface area contributed by atoms with Crippen molar-refractivity contribution in [3.05, 3.63) is 0 Å². The van der Waals surface area contributed by atoms with E-state index >= 15 is 0 Å². The molecule has 4 N–H and O–H groups in total. The van der Waals surface area contributed by atoms with Crippen LogP contribution < -0.4 is 11.1 Å². The van der Waals surface area contributed by atoms with Gasteiger partial charge in [-0.05, 0) is 6.42 Å². The van der Waals surface area contributed by atoms with E-state index in [9.17, 15) is 9.59 Å². The molecule has 5 heteroatoms. The van der Waals surface area contributed by atoms with Crippen molar-refractivity contribution in [3.8, 4) is 0 Å². The molecule has 0 bridgehead atoms. The fraction of sp³-hybridized carbons (Fsp3) is 0.750. The lowest BCUT2D eigenvalue weighted by Gasteiger charge is -2.13. The second-order valence-corrected chi connectivity index (χ2v) is 2.80. The van der Waals surface area contributed by atoms with E-state index < -0.39 is 5.97 Å². The molecular formula is C8H16N2O3. The molecule has 0 rings (SSSR count). The average Bonchev–Trinajstić information content (AvgIpc) is 2.10. The number of amides is 1. The predicted molar refractivity (Wildman–Crippen MR) is 48.1 cm³/mol. The Morgan fingerprint density at radius 2 is 2.08 bits per heavy atom. The van der Waals surface area contributed by atoms with Crippen LogP contribution in [0.3, 0.4) is 0 Å². The van der Waals surface area contributed by atoms with Crippen LogP contribution in [0.5, 0.6) is 0 Å². The number of nitrogens with two attached hydrogens (primary N) is 1. The summed E-state index contributed by atoms with van der Waals surface area (Å²) >= 11 is 0. The van der Waals surface area contributed by atoms with Crippen LogP contribution in [0.2, 0.25) is 0 Å². The summed E-state index contributed by atoms with van der Waals surface area (Å²) < 4.78 is 0. The first-order valence-electron chi connectivity index (χ1n) is 4.31. The van der Waals surface area contributed by atoms with Gasteiger partial charge in [-0.25, -0.2) is 0 Å². The maximum Gasteiger partial charge on any atom is 0.303 e. The number of hydrogen-bond donors (Lipinski definition) is 3. The molecule has 0 radical (unpaired) electrons. The molecule has 0 saturated carbocycles. The Morgan fingerprint density at radius 1 is 1.46 bits per heavy atom. The van der Waals surface area contributed by atoms with Gasteiger partial charge < -0.3 is 16.2 Å². The first kappa shape index (κ1) is 11.9. The van der Waals surface area contributed by atoms with E-state index in [-0.39, 0.29) is 24.8 Å². The van der Waals surface area contributed by atoms with Crippen molar-refractivity contribution in [2.45, 2.75) is 32.2 Å². The second kappa shape index (κ2) is 6.42. The van der Waals surface area contributed by atoms with Gasteiger partial charge in [0.05, 0.1) is 6.42 Å². The molecule has 0 aromatic rings. The van der Waals surface area contributed by atoms with Crippen LogP contribution in [-0.2, 0) is 9.59 Å². The lowest BCUT2D eigenvalue weighted by atomic mass is 10.2. The minimum atomic E-state index is -0.962. The van der Waals surface area contributed by atoms with E-state index in [2.05, 4.69) is 5.32 Å². The molecule has 5 nitrogen and oxygen atoms in total. The maximum atomic E-state index is 11.0. The van der Waals surface area contributed by atoms with Gasteiger partial charge >= 0.3 is 5.97 Å². The summed E-state index contributed by atoms with van der Waals surface area (Å²) in [6.07, 6.45) is 0.647. The molecule has 0 heterocycles. The van der Waals surface area contributed by atoms with Gasteiger partial charge in [0, 0.05) is 19.0 Å². The maximum absolute atomic E-state index is 11.0. The Balaban J connectivity index is 3.66. The average molecular weight is 188 g/mol. The third kappa shape index (κ3) is 6.10. The van der Waals surface area contributed by atoms with Crippen molar-refractivity contribution in [2.75, 3.05) is 6.54 Å². The molecule has 0 aliphatic heterocycles. The fourth-order valence-corrected chi connectivity index (χ4v) is 0.848. The highest BCUT2D eigenvalue weighted by Gasteiger charge is 2.09. The number of aliphatic carboxylic acids is 1. The summed E-state index contributed by atoms with van der Waals surface area (Å²) in [5.41, 5.74) is 5.36. The highest BCUT2D eigenvalue weighted by atomic mass is 16.4. The van der Waals surface area contributed by atoms with Crippen molar-refractivity contribution in [3.63, 3.8) is 0 Å². The minimum Gasteiger partial charge on any atom is -0.481 e. The SMILES string of the molecule is CCC(CN)NC(=O)CCC(=O)O. The summed E-state index contributed by atoms with van der Waals surface area (Å²) in [4.78, 5) is 21.2. The predicted octanol–water partition coefficient (Wildman–Crippen LogP) is -0.295. The molecule has 13 heavy (non-hydrogen) atoms. The Hall–Kier alpha value is -1.10. The normalized spacial score (nSPS) is 12.2. The van der Waals surface area contributed by atoms with Gasteiger partial charge in [-0.1, -0.05) is 6.92 Å². The van der Waals surface area contributed by atoms with Gasteiger partial charge in [0.2, 0.25) is 5.91 Å². The molecule has 0 aromatic carbocycles. The molecule has 0 saturated heterocycles. The van der Waals surface area contributed by atoms with Gasteiger partial charge in [-0.3, -0.25) is 9.59 Å². The van der Waals surface area contributed by atoms with Crippen molar-refractivity contribution in [1.82, 2.24) is 5.32 Å². The third-order valence-electron chi connectivity index (χ3n) is 1.71. The third-order valence-corrected chi connectivity index (χ3v) is 1.71. The van der Waals surface area contributed by atoms with Gasteiger partial charge in [-0.15, -0.1) is 0 Å². The molecule has 0 aliphatic rings. The zero-order chi connectivity index (χ0) is 10.3. The summed E-state index contributed by atoms with van der Waals surface area (Å²) in [6.45, 7) is 2.30. The first-order valence-corrected chi connectivity index (χ1v) is 4.31. The van der Waals surface area contributed by atoms with Crippen molar-refractivity contribution in [1.29, 1.82) is 0 Å². The van der Waals surface area contributed by atoms with Crippen LogP contribution in [0.4, 0.5) is 0 Å². The lowest BCUT2D eigenvalue weighted by molar-refractivity contribution is -0.138. The lowest BCUT2D eigenvalue weighted by Crippen LogP contribution is -2.39. The summed E-state index contributed by atoms with van der Waals surface area (Å²) in [6, 6.07) is -0.0405. The molecule has 0 spiro atoms. The topological polar surface area (TPSA) is 92.4 Å². The summed E-state index contributed by atoms with van der Waals surface area (Å²) in [5.74, 6) is -1.21. The van der Waals surface area contributed by atoms with Crippen LogP contribution in [0.15, 0.2) is 0 Å². The van der Waals surface area contributed by atoms with Gasteiger partial charge in [-0.2, -0.15) is 0 Å². The Kier molecular flexibility index (Phi) is 5.88. The summed E-state index contributed by atoms with van der Waals surface area (Å²) in [5, 5.41) is 11.0. The quantitative estimate of drug-likeness (QED) is 0.533. The van der Waals surface area contributed by atoms with Crippen LogP contribution in [0.1, 0.15) is 26.2 Å². The van der Waals surface area contributed by atoms with Gasteiger partial charge in [0.1, 0.15) is 0 Å².